The monoisotopic (exact) mass is 360 g/mol. The minimum atomic E-state index is -0.933. The molecule has 1 saturated heterocycles. The number of ether oxygens (including phenoxy) is 1. The predicted octanol–water partition coefficient (Wildman–Crippen LogP) is -0.485. The summed E-state index contributed by atoms with van der Waals surface area (Å²) >= 11 is 3.27. The van der Waals surface area contributed by atoms with Crippen molar-refractivity contribution in [2.75, 3.05) is 38.3 Å². The number of methoxy groups -OCH3 is 1. The Morgan fingerprint density at radius 1 is 1.67 bits per heavy atom. The van der Waals surface area contributed by atoms with Gasteiger partial charge < -0.3 is 20.1 Å². The van der Waals surface area contributed by atoms with E-state index in [9.17, 15) is 14.7 Å². The van der Waals surface area contributed by atoms with E-state index in [0.717, 1.165) is 0 Å². The van der Waals surface area contributed by atoms with Crippen LogP contribution in [-0.2, 0) is 16.1 Å². The largest absolute Gasteiger partial charge is 0.480 e. The van der Waals surface area contributed by atoms with E-state index in [2.05, 4.69) is 26.3 Å². The van der Waals surface area contributed by atoms with Crippen LogP contribution in [0.15, 0.2) is 15.5 Å². The number of anilines is 1. The van der Waals surface area contributed by atoms with Gasteiger partial charge in [-0.05, 0) is 15.9 Å². The van der Waals surface area contributed by atoms with Crippen LogP contribution in [0.5, 0.6) is 0 Å². The highest BCUT2D eigenvalue weighted by Crippen LogP contribution is 2.24. The molecule has 0 spiro atoms. The molecule has 1 aliphatic rings. The smallest absolute Gasteiger partial charge is 0.327 e. The SMILES string of the molecule is COCCn1ncc(N2CCNCC2C(=O)O)c(Br)c1=O. The van der Waals surface area contributed by atoms with E-state index in [0.29, 0.717) is 42.9 Å². The Morgan fingerprint density at radius 3 is 3.10 bits per heavy atom. The predicted molar refractivity (Wildman–Crippen MR) is 79.7 cm³/mol. The van der Waals surface area contributed by atoms with Gasteiger partial charge >= 0.3 is 5.97 Å². The summed E-state index contributed by atoms with van der Waals surface area (Å²) < 4.78 is 6.53. The van der Waals surface area contributed by atoms with Gasteiger partial charge in [0, 0.05) is 26.7 Å². The fourth-order valence-electron chi connectivity index (χ4n) is 2.21. The average Bonchev–Trinajstić information content (AvgIpc) is 2.49. The van der Waals surface area contributed by atoms with E-state index in [1.54, 1.807) is 12.0 Å². The number of halogens is 1. The number of nitrogens with zero attached hydrogens (tertiary/aromatic N) is 3. The highest BCUT2D eigenvalue weighted by Gasteiger charge is 2.30. The maximum Gasteiger partial charge on any atom is 0.327 e. The van der Waals surface area contributed by atoms with Crippen molar-refractivity contribution in [3.05, 3.63) is 21.0 Å². The lowest BCUT2D eigenvalue weighted by Gasteiger charge is -2.35. The first-order valence-electron chi connectivity index (χ1n) is 6.51. The standard InChI is InChI=1S/C12H17BrN4O4/c1-21-5-4-17-11(18)10(13)8(7-15-17)16-3-2-14-6-9(16)12(19)20/h7,9,14H,2-6H2,1H3,(H,19,20). The minimum Gasteiger partial charge on any atom is -0.480 e. The molecule has 2 rings (SSSR count). The molecule has 0 bridgehead atoms. The van der Waals surface area contributed by atoms with Crippen molar-refractivity contribution >= 4 is 27.6 Å². The Hall–Kier alpha value is -1.45. The lowest BCUT2D eigenvalue weighted by atomic mass is 10.2. The van der Waals surface area contributed by atoms with Gasteiger partial charge in [-0.3, -0.25) is 4.79 Å². The number of aliphatic carboxylic acids is 1. The van der Waals surface area contributed by atoms with Gasteiger partial charge in [0.2, 0.25) is 0 Å². The number of nitrogens with one attached hydrogen (secondary N) is 1. The molecule has 1 aromatic rings. The van der Waals surface area contributed by atoms with Crippen LogP contribution in [0, 0.1) is 0 Å². The van der Waals surface area contributed by atoms with Gasteiger partial charge in [0.1, 0.15) is 10.5 Å². The fraction of sp³-hybridized carbons (Fsp3) is 0.583. The zero-order valence-corrected chi connectivity index (χ0v) is 13.2. The molecule has 0 radical (unpaired) electrons. The molecule has 21 heavy (non-hydrogen) atoms. The third kappa shape index (κ3) is 3.42. The summed E-state index contributed by atoms with van der Waals surface area (Å²) in [7, 11) is 1.55. The summed E-state index contributed by atoms with van der Waals surface area (Å²) in [4.78, 5) is 25.2. The minimum absolute atomic E-state index is 0.299. The summed E-state index contributed by atoms with van der Waals surface area (Å²) in [5.41, 5.74) is 0.204. The van der Waals surface area contributed by atoms with Crippen LogP contribution in [-0.4, -0.2) is 60.2 Å². The van der Waals surface area contributed by atoms with Crippen molar-refractivity contribution in [1.29, 1.82) is 0 Å². The van der Waals surface area contributed by atoms with Gasteiger partial charge in [0.25, 0.3) is 5.56 Å². The van der Waals surface area contributed by atoms with Gasteiger partial charge in [0.05, 0.1) is 25.0 Å². The van der Waals surface area contributed by atoms with Crippen LogP contribution in [0.25, 0.3) is 0 Å². The summed E-state index contributed by atoms with van der Waals surface area (Å²) in [5.74, 6) is -0.933. The van der Waals surface area contributed by atoms with Crippen molar-refractivity contribution in [2.24, 2.45) is 0 Å². The maximum atomic E-state index is 12.2. The van der Waals surface area contributed by atoms with Gasteiger partial charge in [-0.1, -0.05) is 0 Å². The van der Waals surface area contributed by atoms with Crippen LogP contribution in [0.1, 0.15) is 0 Å². The number of hydrogen-bond acceptors (Lipinski definition) is 6. The summed E-state index contributed by atoms with van der Waals surface area (Å²) in [5, 5.41) is 16.4. The number of carboxylic acids is 1. The number of hydrogen-bond donors (Lipinski definition) is 2. The number of carbonyl (C=O) groups is 1. The molecule has 0 amide bonds. The molecule has 0 aromatic carbocycles. The first-order chi connectivity index (χ1) is 10.1. The lowest BCUT2D eigenvalue weighted by Crippen LogP contribution is -2.55. The van der Waals surface area contributed by atoms with Gasteiger partial charge in [0.15, 0.2) is 0 Å². The molecule has 9 heteroatoms. The number of piperazine rings is 1. The first-order valence-corrected chi connectivity index (χ1v) is 7.30. The molecular formula is C12H17BrN4O4. The zero-order valence-electron chi connectivity index (χ0n) is 11.6. The van der Waals surface area contributed by atoms with Crippen LogP contribution in [0.2, 0.25) is 0 Å². The number of aromatic nitrogens is 2. The number of rotatable bonds is 5. The summed E-state index contributed by atoms with van der Waals surface area (Å²) in [6.45, 7) is 2.21. The number of carboxylic acid groups (broad SMARTS) is 1. The lowest BCUT2D eigenvalue weighted by molar-refractivity contribution is -0.138. The van der Waals surface area contributed by atoms with Crippen LogP contribution in [0.3, 0.4) is 0 Å². The third-order valence-corrected chi connectivity index (χ3v) is 4.06. The Morgan fingerprint density at radius 2 is 2.43 bits per heavy atom. The Labute approximate surface area is 129 Å². The molecule has 2 N–H and O–H groups in total. The Bertz CT molecular complexity index is 577. The van der Waals surface area contributed by atoms with Crippen molar-refractivity contribution in [3.63, 3.8) is 0 Å². The van der Waals surface area contributed by atoms with E-state index in [1.165, 1.54) is 10.9 Å². The van der Waals surface area contributed by atoms with Crippen molar-refractivity contribution in [2.45, 2.75) is 12.6 Å². The highest BCUT2D eigenvalue weighted by molar-refractivity contribution is 9.10. The maximum absolute atomic E-state index is 12.2. The molecule has 1 fully saturated rings. The molecular weight excluding hydrogens is 344 g/mol. The molecule has 8 nitrogen and oxygen atoms in total. The molecule has 2 heterocycles. The molecule has 1 aromatic heterocycles. The summed E-state index contributed by atoms with van der Waals surface area (Å²) in [6.07, 6.45) is 1.52. The van der Waals surface area contributed by atoms with Crippen molar-refractivity contribution in [3.8, 4) is 0 Å². The third-order valence-electron chi connectivity index (χ3n) is 3.31. The van der Waals surface area contributed by atoms with Crippen LogP contribution in [0.4, 0.5) is 5.69 Å². The molecule has 1 unspecified atom stereocenters. The molecule has 0 aliphatic carbocycles. The van der Waals surface area contributed by atoms with Gasteiger partial charge in [-0.2, -0.15) is 5.10 Å². The van der Waals surface area contributed by atoms with Crippen LogP contribution < -0.4 is 15.8 Å². The molecule has 0 saturated carbocycles. The van der Waals surface area contributed by atoms with E-state index >= 15 is 0 Å². The molecule has 1 aliphatic heterocycles. The van der Waals surface area contributed by atoms with E-state index in [-0.39, 0.29) is 5.56 Å². The normalized spacial score (nSPS) is 18.8. The highest BCUT2D eigenvalue weighted by atomic mass is 79.9. The Balaban J connectivity index is 2.33. The topological polar surface area (TPSA) is 96.7 Å². The van der Waals surface area contributed by atoms with Crippen LogP contribution >= 0.6 is 15.9 Å². The van der Waals surface area contributed by atoms with E-state index in [4.69, 9.17) is 4.74 Å². The summed E-state index contributed by atoms with van der Waals surface area (Å²) in [6, 6.07) is -0.717. The average molecular weight is 361 g/mol. The molecule has 1 atom stereocenters. The van der Waals surface area contributed by atoms with E-state index in [1.807, 2.05) is 0 Å². The zero-order chi connectivity index (χ0) is 15.4. The van der Waals surface area contributed by atoms with E-state index < -0.39 is 12.0 Å². The van der Waals surface area contributed by atoms with Crippen molar-refractivity contribution < 1.29 is 14.6 Å². The Kier molecular flexibility index (Phi) is 5.32. The second-order valence-electron chi connectivity index (χ2n) is 4.62. The fourth-order valence-corrected chi connectivity index (χ4v) is 2.74. The second-order valence-corrected chi connectivity index (χ2v) is 5.41. The van der Waals surface area contributed by atoms with Crippen molar-refractivity contribution in [1.82, 2.24) is 15.1 Å². The van der Waals surface area contributed by atoms with Gasteiger partial charge in [-0.25, -0.2) is 9.48 Å². The molecule has 116 valence electrons. The quantitative estimate of drug-likeness (QED) is 0.731. The first kappa shape index (κ1) is 15.9. The van der Waals surface area contributed by atoms with Gasteiger partial charge in [-0.15, -0.1) is 0 Å². The second kappa shape index (κ2) is 7.01.